The molecule has 0 N–H and O–H groups in total. The molecule has 0 heterocycles. The van der Waals surface area contributed by atoms with Gasteiger partial charge < -0.3 is 18.9 Å². The summed E-state index contributed by atoms with van der Waals surface area (Å²) in [4.78, 5) is 11.5. The molecular formula is C17H13F19O6. The second-order valence-corrected chi connectivity index (χ2v) is 7.53. The van der Waals surface area contributed by atoms with Gasteiger partial charge >= 0.3 is 54.6 Å². The van der Waals surface area contributed by atoms with E-state index < -0.39 is 92.5 Å². The molecule has 0 fully saturated rings. The van der Waals surface area contributed by atoms with Crippen LogP contribution < -0.4 is 0 Å². The predicted molar refractivity (Wildman–Crippen MR) is 90.3 cm³/mol. The molecule has 0 rings (SSSR count). The van der Waals surface area contributed by atoms with E-state index in [0.29, 0.717) is 0 Å². The summed E-state index contributed by atoms with van der Waals surface area (Å²) in [6.45, 7) is -3.81. The minimum Gasteiger partial charge on any atom is -0.454 e. The average Bonchev–Trinajstić information content (AvgIpc) is 2.77. The normalized spacial score (nSPS) is 16.3. The van der Waals surface area contributed by atoms with E-state index in [1.807, 2.05) is 0 Å². The fourth-order valence-electron chi connectivity index (χ4n) is 1.76. The second kappa shape index (κ2) is 12.8. The quantitative estimate of drug-likeness (QED) is 0.105. The first kappa shape index (κ1) is 39.7. The fraction of sp³-hybridized carbons (Fsp3) is 0.824. The number of esters is 1. The van der Waals surface area contributed by atoms with Gasteiger partial charge in [0.2, 0.25) is 0 Å². The highest BCUT2D eigenvalue weighted by Gasteiger charge is 2.76. The van der Waals surface area contributed by atoms with Crippen LogP contribution in [0.4, 0.5) is 83.4 Å². The molecule has 0 aliphatic heterocycles. The van der Waals surface area contributed by atoms with Gasteiger partial charge in [-0.2, -0.15) is 79.0 Å². The molecule has 0 aromatic carbocycles. The van der Waals surface area contributed by atoms with Crippen LogP contribution in [0.2, 0.25) is 0 Å². The van der Waals surface area contributed by atoms with Crippen LogP contribution in [0.25, 0.3) is 0 Å². The van der Waals surface area contributed by atoms with Gasteiger partial charge in [-0.3, -0.25) is 4.74 Å². The molecule has 0 aromatic rings. The molecule has 0 spiro atoms. The molecule has 0 saturated heterocycles. The third kappa shape index (κ3) is 9.89. The van der Waals surface area contributed by atoms with Crippen molar-refractivity contribution < 1.29 is 112 Å². The first-order valence-electron chi connectivity index (χ1n) is 9.74. The van der Waals surface area contributed by atoms with Gasteiger partial charge in [0.25, 0.3) is 6.36 Å². The molecule has 42 heavy (non-hydrogen) atoms. The maximum Gasteiger partial charge on any atom is 0.462 e. The molecule has 0 bridgehead atoms. The number of rotatable bonds is 16. The smallest absolute Gasteiger partial charge is 0.454 e. The van der Waals surface area contributed by atoms with Gasteiger partial charge in [0.05, 0.1) is 13.2 Å². The number of hydrogen-bond acceptors (Lipinski definition) is 6. The Morgan fingerprint density at radius 1 is 0.667 bits per heavy atom. The molecule has 0 radical (unpaired) electrons. The number of alkyl halides is 19. The van der Waals surface area contributed by atoms with Gasteiger partial charge in [0.15, 0.2) is 0 Å². The molecule has 6 nitrogen and oxygen atoms in total. The predicted octanol–water partition coefficient (Wildman–Crippen LogP) is 6.60. The van der Waals surface area contributed by atoms with Crippen molar-refractivity contribution in [3.05, 3.63) is 12.2 Å². The van der Waals surface area contributed by atoms with E-state index in [2.05, 4.69) is 30.3 Å². The zero-order valence-corrected chi connectivity index (χ0v) is 19.6. The van der Waals surface area contributed by atoms with Crippen LogP contribution in [0, 0.1) is 0 Å². The molecule has 25 heteroatoms. The molecule has 2 unspecified atom stereocenters. The van der Waals surface area contributed by atoms with Crippen molar-refractivity contribution >= 4 is 5.97 Å². The largest absolute Gasteiger partial charge is 0.462 e. The maximum atomic E-state index is 13.6. The summed E-state index contributed by atoms with van der Waals surface area (Å²) in [7, 11) is 0. The van der Waals surface area contributed by atoms with E-state index in [-0.39, 0.29) is 0 Å². The van der Waals surface area contributed by atoms with Gasteiger partial charge in [0.1, 0.15) is 12.7 Å². The zero-order valence-electron chi connectivity index (χ0n) is 19.6. The van der Waals surface area contributed by atoms with E-state index >= 15 is 0 Å². The van der Waals surface area contributed by atoms with Gasteiger partial charge in [-0.1, -0.05) is 6.58 Å². The molecule has 2 atom stereocenters. The average molecular weight is 674 g/mol. The summed E-state index contributed by atoms with van der Waals surface area (Å²) >= 11 is 0. The Hall–Kier alpha value is -2.28. The molecule has 0 amide bonds. The van der Waals surface area contributed by atoms with Crippen molar-refractivity contribution in [1.82, 2.24) is 0 Å². The minimum atomic E-state index is -7.26. The Labute approximate surface area is 219 Å². The summed E-state index contributed by atoms with van der Waals surface area (Å²) in [5, 5.41) is 0. The molecule has 0 saturated carbocycles. The Bertz CT molecular complexity index is 929. The molecule has 250 valence electrons. The van der Waals surface area contributed by atoms with Crippen LogP contribution in [0.3, 0.4) is 0 Å². The fourth-order valence-corrected chi connectivity index (χ4v) is 1.76. The Morgan fingerprint density at radius 2 is 1.07 bits per heavy atom. The van der Waals surface area contributed by atoms with Crippen LogP contribution in [0.5, 0.6) is 0 Å². The summed E-state index contributed by atoms with van der Waals surface area (Å²) in [6.07, 6.45) is -47.2. The highest BCUT2D eigenvalue weighted by atomic mass is 19.4. The molecule has 0 aliphatic carbocycles. The first-order valence-corrected chi connectivity index (χ1v) is 9.74. The van der Waals surface area contributed by atoms with Crippen molar-refractivity contribution in [2.75, 3.05) is 19.8 Å². The van der Waals surface area contributed by atoms with Gasteiger partial charge in [0, 0.05) is 5.57 Å². The monoisotopic (exact) mass is 674 g/mol. The number of halogens is 19. The summed E-state index contributed by atoms with van der Waals surface area (Å²) < 4.78 is 258. The third-order valence-corrected chi connectivity index (χ3v) is 3.94. The number of hydrogen-bond donors (Lipinski definition) is 0. The molecule has 0 aliphatic rings. The van der Waals surface area contributed by atoms with Crippen LogP contribution in [-0.2, 0) is 28.5 Å². The lowest BCUT2D eigenvalue weighted by atomic mass is 10.3. The number of carbonyl (C=O) groups excluding carboxylic acids is 1. The Kier molecular flexibility index (Phi) is 12.1. The van der Waals surface area contributed by atoms with Gasteiger partial charge in [-0.15, -0.1) is 0 Å². The van der Waals surface area contributed by atoms with Crippen molar-refractivity contribution in [3.8, 4) is 0 Å². The summed E-state index contributed by atoms with van der Waals surface area (Å²) in [6, 6.07) is 0. The van der Waals surface area contributed by atoms with Crippen molar-refractivity contribution in [2.45, 2.75) is 68.0 Å². The Morgan fingerprint density at radius 3 is 1.48 bits per heavy atom. The minimum absolute atomic E-state index is 0.698. The number of carbonyl (C=O) groups is 1. The van der Waals surface area contributed by atoms with E-state index in [1.54, 1.807) is 0 Å². The molecule has 0 aromatic heterocycles. The van der Waals surface area contributed by atoms with E-state index in [0.717, 1.165) is 6.92 Å². The van der Waals surface area contributed by atoms with Crippen LogP contribution >= 0.6 is 0 Å². The highest BCUT2D eigenvalue weighted by molar-refractivity contribution is 5.87. The van der Waals surface area contributed by atoms with Gasteiger partial charge in [-0.25, -0.2) is 9.18 Å². The summed E-state index contributed by atoms with van der Waals surface area (Å²) in [5.41, 5.74) is -0.698. The lowest BCUT2D eigenvalue weighted by Gasteiger charge is -2.31. The number of ether oxygens (including phenoxy) is 5. The van der Waals surface area contributed by atoms with Crippen LogP contribution in [0.1, 0.15) is 6.92 Å². The summed E-state index contributed by atoms with van der Waals surface area (Å²) in [5.74, 6) is -16.0. The highest BCUT2D eigenvalue weighted by Crippen LogP contribution is 2.49. The first-order chi connectivity index (χ1) is 18.2. The third-order valence-electron chi connectivity index (χ3n) is 3.94. The maximum absolute atomic E-state index is 13.6. The molecular weight excluding hydrogens is 661 g/mol. The topological polar surface area (TPSA) is 63.2 Å². The standard InChI is InChI=1S/C17H13F19O6/c1-6(2)8(37)41-7(3-38-10(19,20)5-40-16(33,34)12(23,24)14(27,28)29)4-39-11(21,22)9(18)42-17(35,36)13(25,26)15(30,31)32/h7,9H,1,3-5H2,2H3. The van der Waals surface area contributed by atoms with Crippen LogP contribution in [0.15, 0.2) is 12.2 Å². The lowest BCUT2D eigenvalue weighted by Crippen LogP contribution is -2.56. The zero-order chi connectivity index (χ0) is 34.0. The van der Waals surface area contributed by atoms with E-state index in [9.17, 15) is 88.2 Å². The van der Waals surface area contributed by atoms with E-state index in [4.69, 9.17) is 0 Å². The van der Waals surface area contributed by atoms with E-state index in [1.165, 1.54) is 0 Å². The second-order valence-electron chi connectivity index (χ2n) is 7.53. The Balaban J connectivity index is 5.61. The van der Waals surface area contributed by atoms with Gasteiger partial charge in [-0.05, 0) is 6.92 Å². The van der Waals surface area contributed by atoms with Crippen molar-refractivity contribution in [3.63, 3.8) is 0 Å². The van der Waals surface area contributed by atoms with Crippen molar-refractivity contribution in [1.29, 1.82) is 0 Å². The lowest BCUT2D eigenvalue weighted by molar-refractivity contribution is -0.466. The van der Waals surface area contributed by atoms with Crippen molar-refractivity contribution in [2.24, 2.45) is 0 Å². The SMILES string of the molecule is C=C(C)C(=O)OC(COC(F)(F)COC(F)(F)C(F)(F)C(F)(F)F)COC(F)(F)C(F)OC(F)(F)C(F)(F)C(F)(F)F. The van der Waals surface area contributed by atoms with Crippen LogP contribution in [-0.4, -0.2) is 86.9 Å².